The van der Waals surface area contributed by atoms with Crippen molar-refractivity contribution in [3.63, 3.8) is 0 Å². The van der Waals surface area contributed by atoms with E-state index in [-0.39, 0.29) is 0 Å². The van der Waals surface area contributed by atoms with Crippen molar-refractivity contribution in [3.05, 3.63) is 60.7 Å². The summed E-state index contributed by atoms with van der Waals surface area (Å²) < 4.78 is 0. The standard InChI is InChI=1S/C18H23Si/c1-2-3-4-11-16-19(17-12-7-5-8-13-17)18-14-9-6-10-15-18/h5-10,12-15H,2-4,11,16H2,1H3. The summed E-state index contributed by atoms with van der Waals surface area (Å²) in [5, 5.41) is 3.10. The lowest BCUT2D eigenvalue weighted by molar-refractivity contribution is 0.700. The van der Waals surface area contributed by atoms with Crippen molar-refractivity contribution < 1.29 is 0 Å². The molecular formula is C18H23Si. The average molecular weight is 267 g/mol. The number of rotatable bonds is 7. The molecule has 2 rings (SSSR count). The molecule has 0 aliphatic heterocycles. The van der Waals surface area contributed by atoms with Gasteiger partial charge in [0.2, 0.25) is 0 Å². The van der Waals surface area contributed by atoms with E-state index < -0.39 is 8.80 Å². The van der Waals surface area contributed by atoms with Gasteiger partial charge in [0.25, 0.3) is 0 Å². The van der Waals surface area contributed by atoms with Gasteiger partial charge in [0.05, 0.1) is 0 Å². The van der Waals surface area contributed by atoms with Crippen molar-refractivity contribution in [2.75, 3.05) is 0 Å². The van der Waals surface area contributed by atoms with E-state index >= 15 is 0 Å². The Morgan fingerprint density at radius 2 is 1.21 bits per heavy atom. The van der Waals surface area contributed by atoms with E-state index in [2.05, 4.69) is 67.6 Å². The molecule has 2 aromatic rings. The monoisotopic (exact) mass is 267 g/mol. The molecule has 0 aliphatic rings. The third-order valence-corrected chi connectivity index (χ3v) is 6.44. The van der Waals surface area contributed by atoms with Gasteiger partial charge < -0.3 is 0 Å². The van der Waals surface area contributed by atoms with Gasteiger partial charge in [-0.25, -0.2) is 0 Å². The molecule has 0 N–H and O–H groups in total. The first-order valence-corrected chi connectivity index (χ1v) is 9.09. The Morgan fingerprint density at radius 3 is 1.68 bits per heavy atom. The van der Waals surface area contributed by atoms with E-state index in [1.807, 2.05) is 0 Å². The predicted molar refractivity (Wildman–Crippen MR) is 86.9 cm³/mol. The Labute approximate surface area is 119 Å². The minimum atomic E-state index is -0.580. The fourth-order valence-electron chi connectivity index (χ4n) is 2.46. The van der Waals surface area contributed by atoms with E-state index in [4.69, 9.17) is 0 Å². The summed E-state index contributed by atoms with van der Waals surface area (Å²) in [7, 11) is -0.580. The summed E-state index contributed by atoms with van der Waals surface area (Å²) in [6.07, 6.45) is 5.44. The topological polar surface area (TPSA) is 0 Å². The molecule has 0 nitrogen and oxygen atoms in total. The van der Waals surface area contributed by atoms with Gasteiger partial charge in [0.1, 0.15) is 8.80 Å². The van der Waals surface area contributed by atoms with Crippen LogP contribution in [0.4, 0.5) is 0 Å². The predicted octanol–water partition coefficient (Wildman–Crippen LogP) is 3.88. The first kappa shape index (κ1) is 14.1. The van der Waals surface area contributed by atoms with Crippen molar-refractivity contribution in [1.29, 1.82) is 0 Å². The van der Waals surface area contributed by atoms with Crippen molar-refractivity contribution >= 4 is 19.2 Å². The molecule has 0 fully saturated rings. The van der Waals surface area contributed by atoms with Crippen LogP contribution in [0.2, 0.25) is 6.04 Å². The highest BCUT2D eigenvalue weighted by atomic mass is 28.3. The van der Waals surface area contributed by atoms with Crippen molar-refractivity contribution in [3.8, 4) is 0 Å². The Morgan fingerprint density at radius 1 is 0.684 bits per heavy atom. The molecule has 0 saturated carbocycles. The lowest BCUT2D eigenvalue weighted by Crippen LogP contribution is -2.41. The molecule has 0 saturated heterocycles. The van der Waals surface area contributed by atoms with Gasteiger partial charge in [-0.15, -0.1) is 0 Å². The molecule has 0 spiro atoms. The second-order valence-corrected chi connectivity index (χ2v) is 7.63. The van der Waals surface area contributed by atoms with Crippen LogP contribution in [-0.2, 0) is 0 Å². The van der Waals surface area contributed by atoms with Crippen LogP contribution in [0.1, 0.15) is 32.6 Å². The second-order valence-electron chi connectivity index (χ2n) is 5.02. The first-order chi connectivity index (χ1) is 9.42. The highest BCUT2D eigenvalue weighted by Crippen LogP contribution is 2.07. The highest BCUT2D eigenvalue weighted by molar-refractivity contribution is 6.85. The molecular weight excluding hydrogens is 244 g/mol. The van der Waals surface area contributed by atoms with Crippen LogP contribution in [-0.4, -0.2) is 8.80 Å². The molecule has 0 amide bonds. The summed E-state index contributed by atoms with van der Waals surface area (Å²) >= 11 is 0. The smallest absolute Gasteiger partial charge is 0.0654 e. The van der Waals surface area contributed by atoms with E-state index in [0.29, 0.717) is 0 Å². The molecule has 0 aromatic heterocycles. The van der Waals surface area contributed by atoms with Crippen LogP contribution in [0.3, 0.4) is 0 Å². The second kappa shape index (κ2) is 7.95. The summed E-state index contributed by atoms with van der Waals surface area (Å²) in [6.45, 7) is 2.28. The maximum absolute atomic E-state index is 2.31. The van der Waals surface area contributed by atoms with E-state index in [1.165, 1.54) is 31.7 Å². The molecule has 0 bridgehead atoms. The van der Waals surface area contributed by atoms with Gasteiger partial charge in [0, 0.05) is 0 Å². The van der Waals surface area contributed by atoms with Gasteiger partial charge in [-0.05, 0) is 0 Å². The maximum Gasteiger partial charge on any atom is 0.121 e. The van der Waals surface area contributed by atoms with Crippen molar-refractivity contribution in [2.45, 2.75) is 38.7 Å². The average Bonchev–Trinajstić information content (AvgIpc) is 2.49. The molecule has 19 heavy (non-hydrogen) atoms. The minimum absolute atomic E-state index is 0.580. The molecule has 99 valence electrons. The zero-order chi connectivity index (χ0) is 13.3. The zero-order valence-electron chi connectivity index (χ0n) is 11.8. The van der Waals surface area contributed by atoms with E-state index in [0.717, 1.165) is 0 Å². The molecule has 0 heterocycles. The fourth-order valence-corrected chi connectivity index (χ4v) is 5.17. The number of unbranched alkanes of at least 4 members (excludes halogenated alkanes) is 3. The lowest BCUT2D eigenvalue weighted by Gasteiger charge is -2.15. The van der Waals surface area contributed by atoms with Gasteiger partial charge in [-0.3, -0.25) is 0 Å². The Bertz CT molecular complexity index is 410. The Balaban J connectivity index is 2.10. The van der Waals surface area contributed by atoms with Crippen LogP contribution >= 0.6 is 0 Å². The van der Waals surface area contributed by atoms with Gasteiger partial charge in [-0.1, -0.05) is 110 Å². The van der Waals surface area contributed by atoms with Crippen molar-refractivity contribution in [2.24, 2.45) is 0 Å². The summed E-state index contributed by atoms with van der Waals surface area (Å²) in [5.41, 5.74) is 0. The molecule has 1 radical (unpaired) electrons. The summed E-state index contributed by atoms with van der Waals surface area (Å²) in [4.78, 5) is 0. The largest absolute Gasteiger partial charge is 0.121 e. The maximum atomic E-state index is 2.31. The summed E-state index contributed by atoms with van der Waals surface area (Å²) in [5.74, 6) is 0. The zero-order valence-corrected chi connectivity index (χ0v) is 12.8. The fraction of sp³-hybridized carbons (Fsp3) is 0.333. The van der Waals surface area contributed by atoms with Gasteiger partial charge >= 0.3 is 0 Å². The molecule has 2 aromatic carbocycles. The third kappa shape index (κ3) is 4.36. The van der Waals surface area contributed by atoms with Crippen LogP contribution < -0.4 is 10.4 Å². The number of hydrogen-bond acceptors (Lipinski definition) is 0. The van der Waals surface area contributed by atoms with Gasteiger partial charge in [0.15, 0.2) is 0 Å². The molecule has 0 atom stereocenters. The first-order valence-electron chi connectivity index (χ1n) is 7.38. The number of hydrogen-bond donors (Lipinski definition) is 0. The third-order valence-electron chi connectivity index (χ3n) is 3.52. The Kier molecular flexibility index (Phi) is 5.89. The van der Waals surface area contributed by atoms with Gasteiger partial charge in [-0.2, -0.15) is 0 Å². The normalized spacial score (nSPS) is 10.8. The van der Waals surface area contributed by atoms with Crippen LogP contribution in [0, 0.1) is 0 Å². The molecule has 0 unspecified atom stereocenters. The van der Waals surface area contributed by atoms with Crippen LogP contribution in [0.15, 0.2) is 60.7 Å². The van der Waals surface area contributed by atoms with Crippen LogP contribution in [0.25, 0.3) is 0 Å². The lowest BCUT2D eigenvalue weighted by atomic mass is 10.2. The molecule has 0 aliphatic carbocycles. The Hall–Kier alpha value is -1.34. The number of benzene rings is 2. The van der Waals surface area contributed by atoms with Crippen LogP contribution in [0.5, 0.6) is 0 Å². The highest BCUT2D eigenvalue weighted by Gasteiger charge is 2.15. The molecule has 1 heteroatoms. The van der Waals surface area contributed by atoms with E-state index in [9.17, 15) is 0 Å². The summed E-state index contributed by atoms with van der Waals surface area (Å²) in [6, 6.07) is 23.5. The minimum Gasteiger partial charge on any atom is -0.0654 e. The SMILES string of the molecule is CCCCCC[Si](c1ccccc1)c1ccccc1. The van der Waals surface area contributed by atoms with E-state index in [1.54, 1.807) is 10.4 Å². The van der Waals surface area contributed by atoms with Crippen molar-refractivity contribution in [1.82, 2.24) is 0 Å². The quantitative estimate of drug-likeness (QED) is 0.527.